The van der Waals surface area contributed by atoms with E-state index in [1.54, 1.807) is 18.6 Å². The molecule has 1 amide bonds. The summed E-state index contributed by atoms with van der Waals surface area (Å²) < 4.78 is 1.96. The molecule has 8 heteroatoms. The third-order valence-electron chi connectivity index (χ3n) is 7.32. The van der Waals surface area contributed by atoms with Crippen molar-refractivity contribution >= 4 is 16.9 Å². The first-order valence-electron chi connectivity index (χ1n) is 12.2. The molecule has 0 saturated carbocycles. The first-order valence-corrected chi connectivity index (χ1v) is 12.2. The molecule has 4 heterocycles. The van der Waals surface area contributed by atoms with E-state index in [2.05, 4.69) is 19.9 Å². The number of likely N-dealkylation sites (tertiary alicyclic amines) is 2. The van der Waals surface area contributed by atoms with Crippen molar-refractivity contribution in [2.75, 3.05) is 32.7 Å². The Bertz CT molecular complexity index is 1130. The quantitative estimate of drug-likeness (QED) is 0.648. The fourth-order valence-electron chi connectivity index (χ4n) is 5.43. The van der Waals surface area contributed by atoms with Gasteiger partial charge in [-0.05, 0) is 63.1 Å². The summed E-state index contributed by atoms with van der Waals surface area (Å²) in [6, 6.07) is 8.23. The standard InChI is InChI=1S/C25H32N6O2/c32-24(22-18-26-11-12-27-22)30-13-3-4-19(8-17-30)7-14-29-15-9-20(10-16-29)31-23-6-2-1-5-21(23)28-25(31)33/h1-2,5-6,11-12,18-20H,3-4,7-10,13-17H2,(H,28,33)/t19-/m1/s1. The van der Waals surface area contributed by atoms with Crippen molar-refractivity contribution in [3.05, 3.63) is 59.0 Å². The van der Waals surface area contributed by atoms with Gasteiger partial charge in [-0.2, -0.15) is 0 Å². The van der Waals surface area contributed by atoms with Gasteiger partial charge in [0, 0.05) is 44.6 Å². The Morgan fingerprint density at radius 2 is 1.88 bits per heavy atom. The number of hydrogen-bond acceptors (Lipinski definition) is 5. The van der Waals surface area contributed by atoms with Crippen LogP contribution in [0.4, 0.5) is 0 Å². The molecule has 174 valence electrons. The number of carbonyl (C=O) groups is 1. The molecule has 0 bridgehead atoms. The number of aromatic nitrogens is 4. The molecule has 2 saturated heterocycles. The van der Waals surface area contributed by atoms with E-state index in [1.807, 2.05) is 33.7 Å². The molecule has 0 aliphatic carbocycles. The highest BCUT2D eigenvalue weighted by molar-refractivity contribution is 5.91. The Morgan fingerprint density at radius 1 is 1.03 bits per heavy atom. The Labute approximate surface area is 193 Å². The van der Waals surface area contributed by atoms with Crippen molar-refractivity contribution in [3.8, 4) is 0 Å². The summed E-state index contributed by atoms with van der Waals surface area (Å²) >= 11 is 0. The molecular formula is C25H32N6O2. The summed E-state index contributed by atoms with van der Waals surface area (Å²) in [5, 5.41) is 0. The van der Waals surface area contributed by atoms with Crippen LogP contribution in [0.25, 0.3) is 11.0 Å². The van der Waals surface area contributed by atoms with E-state index in [9.17, 15) is 9.59 Å². The van der Waals surface area contributed by atoms with Gasteiger partial charge in [0.1, 0.15) is 5.69 Å². The lowest BCUT2D eigenvalue weighted by Crippen LogP contribution is -2.38. The molecule has 1 atom stereocenters. The maximum Gasteiger partial charge on any atom is 0.326 e. The lowest BCUT2D eigenvalue weighted by molar-refractivity contribution is 0.0753. The van der Waals surface area contributed by atoms with Crippen LogP contribution in [0.1, 0.15) is 55.1 Å². The van der Waals surface area contributed by atoms with Gasteiger partial charge >= 0.3 is 5.69 Å². The highest BCUT2D eigenvalue weighted by Gasteiger charge is 2.26. The van der Waals surface area contributed by atoms with E-state index < -0.39 is 0 Å². The van der Waals surface area contributed by atoms with Crippen LogP contribution in [-0.2, 0) is 0 Å². The van der Waals surface area contributed by atoms with E-state index in [1.165, 1.54) is 12.8 Å². The summed E-state index contributed by atoms with van der Waals surface area (Å²) in [6.45, 7) is 4.75. The Kier molecular flexibility index (Phi) is 6.53. The van der Waals surface area contributed by atoms with E-state index in [4.69, 9.17) is 0 Å². The molecule has 1 aromatic carbocycles. The van der Waals surface area contributed by atoms with Gasteiger partial charge in [0.15, 0.2) is 0 Å². The first-order chi connectivity index (χ1) is 16.2. The van der Waals surface area contributed by atoms with Gasteiger partial charge in [-0.1, -0.05) is 12.1 Å². The van der Waals surface area contributed by atoms with Crippen LogP contribution in [-0.4, -0.2) is 67.9 Å². The average molecular weight is 449 g/mol. The van der Waals surface area contributed by atoms with Crippen LogP contribution in [0.2, 0.25) is 0 Å². The van der Waals surface area contributed by atoms with Crippen molar-refractivity contribution < 1.29 is 4.79 Å². The van der Waals surface area contributed by atoms with Crippen molar-refractivity contribution in [2.45, 2.75) is 44.6 Å². The third-order valence-corrected chi connectivity index (χ3v) is 7.32. The number of rotatable bonds is 5. The molecule has 2 fully saturated rings. The van der Waals surface area contributed by atoms with E-state index in [-0.39, 0.29) is 17.6 Å². The van der Waals surface area contributed by atoms with Gasteiger partial charge in [0.05, 0.1) is 17.2 Å². The maximum atomic E-state index is 12.7. The number of carbonyl (C=O) groups excluding carboxylic acids is 1. The van der Waals surface area contributed by atoms with Crippen molar-refractivity contribution in [1.82, 2.24) is 29.3 Å². The lowest BCUT2D eigenvalue weighted by Gasteiger charge is -2.33. The molecule has 33 heavy (non-hydrogen) atoms. The van der Waals surface area contributed by atoms with Crippen LogP contribution in [0.15, 0.2) is 47.7 Å². The SMILES string of the molecule is O=C(c1cnccn1)N1CCC[C@H](CCN2CCC(n3c(=O)[nH]c4ccccc43)CC2)CC1. The minimum Gasteiger partial charge on any atom is -0.337 e. The van der Waals surface area contributed by atoms with Gasteiger partial charge in [0.2, 0.25) is 0 Å². The number of nitrogens with zero attached hydrogens (tertiary/aromatic N) is 5. The van der Waals surface area contributed by atoms with Crippen molar-refractivity contribution in [1.29, 1.82) is 0 Å². The van der Waals surface area contributed by atoms with Gasteiger partial charge in [-0.15, -0.1) is 0 Å². The van der Waals surface area contributed by atoms with Gasteiger partial charge in [0.25, 0.3) is 5.91 Å². The summed E-state index contributed by atoms with van der Waals surface area (Å²) in [7, 11) is 0. The summed E-state index contributed by atoms with van der Waals surface area (Å²) in [4.78, 5) is 40.9. The minimum absolute atomic E-state index is 0.00153. The lowest BCUT2D eigenvalue weighted by atomic mass is 9.96. The molecule has 1 N–H and O–H groups in total. The number of piperidine rings is 1. The monoisotopic (exact) mass is 448 g/mol. The molecule has 2 aliphatic rings. The Morgan fingerprint density at radius 3 is 2.70 bits per heavy atom. The van der Waals surface area contributed by atoms with Gasteiger partial charge in [-0.25, -0.2) is 9.78 Å². The zero-order valence-corrected chi connectivity index (χ0v) is 19.0. The Hall–Kier alpha value is -3.00. The van der Waals surface area contributed by atoms with Crippen molar-refractivity contribution in [2.24, 2.45) is 5.92 Å². The number of para-hydroxylation sites is 2. The second-order valence-corrected chi connectivity index (χ2v) is 9.36. The summed E-state index contributed by atoms with van der Waals surface area (Å²) in [6.07, 6.45) is 11.2. The number of H-pyrrole nitrogens is 1. The predicted molar refractivity (Wildman–Crippen MR) is 127 cm³/mol. The number of nitrogens with one attached hydrogen (secondary N) is 1. The Balaban J connectivity index is 1.10. The second kappa shape index (κ2) is 9.87. The highest BCUT2D eigenvalue weighted by atomic mass is 16.2. The topological polar surface area (TPSA) is 87.1 Å². The molecule has 2 aliphatic heterocycles. The first kappa shape index (κ1) is 21.8. The van der Waals surface area contributed by atoms with Crippen LogP contribution in [0.5, 0.6) is 0 Å². The highest BCUT2D eigenvalue weighted by Crippen LogP contribution is 2.27. The number of amides is 1. The number of imidazole rings is 1. The zero-order valence-electron chi connectivity index (χ0n) is 19.0. The average Bonchev–Trinajstić information content (AvgIpc) is 3.02. The molecule has 8 nitrogen and oxygen atoms in total. The molecule has 0 unspecified atom stereocenters. The van der Waals surface area contributed by atoms with Crippen LogP contribution < -0.4 is 5.69 Å². The van der Waals surface area contributed by atoms with Crippen LogP contribution >= 0.6 is 0 Å². The summed E-state index contributed by atoms with van der Waals surface area (Å²) in [5.74, 6) is 0.650. The molecule has 2 aromatic heterocycles. The van der Waals surface area contributed by atoms with Crippen LogP contribution in [0, 0.1) is 5.92 Å². The molecule has 0 spiro atoms. The van der Waals surface area contributed by atoms with Crippen molar-refractivity contribution in [3.63, 3.8) is 0 Å². The second-order valence-electron chi connectivity index (χ2n) is 9.36. The fourth-order valence-corrected chi connectivity index (χ4v) is 5.43. The maximum absolute atomic E-state index is 12.7. The number of hydrogen-bond donors (Lipinski definition) is 1. The number of aromatic amines is 1. The van der Waals surface area contributed by atoms with Gasteiger partial charge in [-0.3, -0.25) is 14.3 Å². The third kappa shape index (κ3) is 4.85. The van der Waals surface area contributed by atoms with E-state index in [0.29, 0.717) is 11.6 Å². The molecular weight excluding hydrogens is 416 g/mol. The number of benzene rings is 1. The van der Waals surface area contributed by atoms with E-state index in [0.717, 1.165) is 69.4 Å². The normalized spacial score (nSPS) is 20.7. The number of fused-ring (bicyclic) bond motifs is 1. The predicted octanol–water partition coefficient (Wildman–Crippen LogP) is 3.09. The molecule has 0 radical (unpaired) electrons. The molecule has 3 aromatic rings. The minimum atomic E-state index is -0.00153. The van der Waals surface area contributed by atoms with Gasteiger partial charge < -0.3 is 14.8 Å². The largest absolute Gasteiger partial charge is 0.337 e. The zero-order chi connectivity index (χ0) is 22.6. The van der Waals surface area contributed by atoms with E-state index >= 15 is 0 Å². The summed E-state index contributed by atoms with van der Waals surface area (Å²) in [5.41, 5.74) is 2.38. The molecule has 5 rings (SSSR count). The smallest absolute Gasteiger partial charge is 0.326 e. The fraction of sp³-hybridized carbons (Fsp3) is 0.520. The van der Waals surface area contributed by atoms with Crippen LogP contribution in [0.3, 0.4) is 0 Å².